The highest BCUT2D eigenvalue weighted by Crippen LogP contribution is 2.22. The van der Waals surface area contributed by atoms with Gasteiger partial charge in [-0.15, -0.1) is 0 Å². The number of amides is 1. The molecule has 0 saturated carbocycles. The van der Waals surface area contributed by atoms with E-state index in [1.807, 2.05) is 43.0 Å². The number of nitrogens with two attached hydrogens (primary N) is 1. The smallest absolute Gasteiger partial charge is 0.240 e. The summed E-state index contributed by atoms with van der Waals surface area (Å²) >= 11 is 0. The Balaban J connectivity index is 2.15. The molecular formula is C16H20N2O2. The van der Waals surface area contributed by atoms with Gasteiger partial charge in [0.2, 0.25) is 5.91 Å². The van der Waals surface area contributed by atoms with Crippen LogP contribution < -0.4 is 5.73 Å². The molecule has 1 unspecified atom stereocenters. The summed E-state index contributed by atoms with van der Waals surface area (Å²) in [6.45, 7) is 4.61. The van der Waals surface area contributed by atoms with Gasteiger partial charge in [-0.3, -0.25) is 9.59 Å². The fraction of sp³-hybridized carbons (Fsp3) is 0.375. The molecule has 1 aliphatic heterocycles. The molecule has 20 heavy (non-hydrogen) atoms. The number of likely N-dealkylation sites (tertiary alicyclic amines) is 1. The second-order valence-electron chi connectivity index (χ2n) is 5.27. The van der Waals surface area contributed by atoms with E-state index in [2.05, 4.69) is 0 Å². The molecule has 0 spiro atoms. The quantitative estimate of drug-likeness (QED) is 0.674. The predicted octanol–water partition coefficient (Wildman–Crippen LogP) is 2.03. The molecule has 0 bridgehead atoms. The van der Waals surface area contributed by atoms with Crippen molar-refractivity contribution < 1.29 is 9.59 Å². The third-order valence-corrected chi connectivity index (χ3v) is 3.71. The number of carbonyl (C=O) groups excluding carboxylic acids is 2. The number of benzene rings is 1. The van der Waals surface area contributed by atoms with Gasteiger partial charge in [0, 0.05) is 23.9 Å². The SMILES string of the molecule is C/C(=C\C(=O)c1ccc(C)cc1)N1CCCC1C(N)=O. The molecule has 1 aliphatic rings. The molecule has 0 radical (unpaired) electrons. The lowest BCUT2D eigenvalue weighted by Crippen LogP contribution is -2.39. The second-order valence-corrected chi connectivity index (χ2v) is 5.27. The Morgan fingerprint density at radius 1 is 1.30 bits per heavy atom. The lowest BCUT2D eigenvalue weighted by atomic mass is 10.1. The minimum Gasteiger partial charge on any atom is -0.368 e. The minimum atomic E-state index is -0.321. The van der Waals surface area contributed by atoms with Crippen molar-refractivity contribution in [2.45, 2.75) is 32.7 Å². The Kier molecular flexibility index (Phi) is 4.23. The zero-order valence-corrected chi connectivity index (χ0v) is 11.9. The van der Waals surface area contributed by atoms with Crippen molar-refractivity contribution in [1.82, 2.24) is 4.90 Å². The molecule has 1 aromatic carbocycles. The van der Waals surface area contributed by atoms with Crippen LogP contribution in [0.2, 0.25) is 0 Å². The normalized spacial score (nSPS) is 19.2. The minimum absolute atomic E-state index is 0.0439. The van der Waals surface area contributed by atoms with Crippen molar-refractivity contribution in [1.29, 1.82) is 0 Å². The fourth-order valence-corrected chi connectivity index (χ4v) is 2.56. The van der Waals surface area contributed by atoms with Gasteiger partial charge >= 0.3 is 0 Å². The van der Waals surface area contributed by atoms with Gasteiger partial charge in [0.15, 0.2) is 5.78 Å². The highest BCUT2D eigenvalue weighted by atomic mass is 16.1. The van der Waals surface area contributed by atoms with Gasteiger partial charge in [-0.25, -0.2) is 0 Å². The standard InChI is InChI=1S/C16H20N2O2/c1-11-5-7-13(8-6-11)15(19)10-12(2)18-9-3-4-14(18)16(17)20/h5-8,10,14H,3-4,9H2,1-2H3,(H2,17,20)/b12-10+. The van der Waals surface area contributed by atoms with Crippen LogP contribution in [0.4, 0.5) is 0 Å². The van der Waals surface area contributed by atoms with Crippen LogP contribution in [-0.4, -0.2) is 29.2 Å². The van der Waals surface area contributed by atoms with E-state index in [0.29, 0.717) is 5.56 Å². The van der Waals surface area contributed by atoms with Crippen molar-refractivity contribution in [2.24, 2.45) is 5.73 Å². The molecule has 1 amide bonds. The molecule has 4 nitrogen and oxygen atoms in total. The van der Waals surface area contributed by atoms with Crippen molar-refractivity contribution >= 4 is 11.7 Å². The lowest BCUT2D eigenvalue weighted by molar-refractivity contribution is -0.121. The summed E-state index contributed by atoms with van der Waals surface area (Å²) in [5, 5.41) is 0. The maximum absolute atomic E-state index is 12.2. The average molecular weight is 272 g/mol. The molecule has 1 aromatic rings. The molecule has 1 atom stereocenters. The van der Waals surface area contributed by atoms with Crippen LogP contribution in [0.5, 0.6) is 0 Å². The first-order valence-electron chi connectivity index (χ1n) is 6.84. The van der Waals surface area contributed by atoms with Crippen molar-refractivity contribution in [3.8, 4) is 0 Å². The number of hydrogen-bond donors (Lipinski definition) is 1. The third kappa shape index (κ3) is 3.07. The van der Waals surface area contributed by atoms with E-state index >= 15 is 0 Å². The van der Waals surface area contributed by atoms with Gasteiger partial charge in [0.1, 0.15) is 6.04 Å². The Labute approximate surface area is 119 Å². The summed E-state index contributed by atoms with van der Waals surface area (Å²) in [5.41, 5.74) is 7.97. The summed E-state index contributed by atoms with van der Waals surface area (Å²) in [6.07, 6.45) is 3.28. The molecule has 0 aliphatic carbocycles. The summed E-state index contributed by atoms with van der Waals surface area (Å²) in [5.74, 6) is -0.365. The number of primary amides is 1. The monoisotopic (exact) mass is 272 g/mol. The van der Waals surface area contributed by atoms with E-state index < -0.39 is 0 Å². The van der Waals surface area contributed by atoms with E-state index in [1.165, 1.54) is 0 Å². The predicted molar refractivity (Wildman–Crippen MR) is 78.2 cm³/mol. The summed E-state index contributed by atoms with van der Waals surface area (Å²) < 4.78 is 0. The molecule has 106 valence electrons. The van der Waals surface area contributed by atoms with Crippen LogP contribution in [0.25, 0.3) is 0 Å². The van der Waals surface area contributed by atoms with Gasteiger partial charge < -0.3 is 10.6 Å². The summed E-state index contributed by atoms with van der Waals surface area (Å²) in [6, 6.07) is 7.18. The summed E-state index contributed by atoms with van der Waals surface area (Å²) in [7, 11) is 0. The molecule has 2 N–H and O–H groups in total. The molecule has 2 rings (SSSR count). The number of hydrogen-bond acceptors (Lipinski definition) is 3. The van der Waals surface area contributed by atoms with Gasteiger partial charge in [0.05, 0.1) is 0 Å². The maximum Gasteiger partial charge on any atom is 0.240 e. The zero-order valence-electron chi connectivity index (χ0n) is 11.9. The van der Waals surface area contributed by atoms with E-state index in [0.717, 1.165) is 30.6 Å². The molecule has 1 saturated heterocycles. The van der Waals surface area contributed by atoms with Crippen LogP contribution in [-0.2, 0) is 4.79 Å². The van der Waals surface area contributed by atoms with E-state index in [-0.39, 0.29) is 17.7 Å². The number of aryl methyl sites for hydroxylation is 1. The Morgan fingerprint density at radius 2 is 1.95 bits per heavy atom. The number of rotatable bonds is 4. The fourth-order valence-electron chi connectivity index (χ4n) is 2.56. The van der Waals surface area contributed by atoms with Crippen LogP contribution >= 0.6 is 0 Å². The number of nitrogens with zero attached hydrogens (tertiary/aromatic N) is 1. The van der Waals surface area contributed by atoms with Crippen molar-refractivity contribution in [3.63, 3.8) is 0 Å². The molecule has 1 fully saturated rings. The third-order valence-electron chi connectivity index (χ3n) is 3.71. The average Bonchev–Trinajstić information content (AvgIpc) is 2.88. The van der Waals surface area contributed by atoms with Gasteiger partial charge in [0.25, 0.3) is 0 Å². The van der Waals surface area contributed by atoms with Crippen LogP contribution in [0, 0.1) is 6.92 Å². The van der Waals surface area contributed by atoms with Gasteiger partial charge in [-0.1, -0.05) is 29.8 Å². The van der Waals surface area contributed by atoms with Crippen molar-refractivity contribution in [3.05, 3.63) is 47.2 Å². The first-order chi connectivity index (χ1) is 9.49. The summed E-state index contributed by atoms with van der Waals surface area (Å²) in [4.78, 5) is 25.5. The lowest BCUT2D eigenvalue weighted by Gasteiger charge is -2.24. The molecule has 1 heterocycles. The molecular weight excluding hydrogens is 252 g/mol. The first kappa shape index (κ1) is 14.3. The number of carbonyl (C=O) groups is 2. The molecule has 4 heteroatoms. The van der Waals surface area contributed by atoms with Crippen molar-refractivity contribution in [2.75, 3.05) is 6.54 Å². The topological polar surface area (TPSA) is 63.4 Å². The van der Waals surface area contributed by atoms with Crippen LogP contribution in [0.15, 0.2) is 36.0 Å². The highest BCUT2D eigenvalue weighted by Gasteiger charge is 2.29. The van der Waals surface area contributed by atoms with E-state index in [1.54, 1.807) is 6.08 Å². The first-order valence-corrected chi connectivity index (χ1v) is 6.84. The Hall–Kier alpha value is -2.10. The van der Waals surface area contributed by atoms with Gasteiger partial charge in [-0.2, -0.15) is 0 Å². The molecule has 0 aromatic heterocycles. The largest absolute Gasteiger partial charge is 0.368 e. The Morgan fingerprint density at radius 3 is 2.55 bits per heavy atom. The maximum atomic E-state index is 12.2. The number of allylic oxidation sites excluding steroid dienone is 2. The van der Waals surface area contributed by atoms with E-state index in [4.69, 9.17) is 5.73 Å². The number of ketones is 1. The van der Waals surface area contributed by atoms with Gasteiger partial charge in [-0.05, 0) is 26.7 Å². The Bertz CT molecular complexity index is 546. The van der Waals surface area contributed by atoms with E-state index in [9.17, 15) is 9.59 Å². The van der Waals surface area contributed by atoms with Crippen LogP contribution in [0.3, 0.4) is 0 Å². The van der Waals surface area contributed by atoms with Crippen LogP contribution in [0.1, 0.15) is 35.7 Å². The second kappa shape index (κ2) is 5.90. The highest BCUT2D eigenvalue weighted by molar-refractivity contribution is 6.04. The zero-order chi connectivity index (χ0) is 14.7.